The van der Waals surface area contributed by atoms with Gasteiger partial charge in [-0.2, -0.15) is 0 Å². The number of nitrogens with one attached hydrogen (secondary N) is 1. The molecule has 0 saturated heterocycles. The van der Waals surface area contributed by atoms with E-state index in [1.807, 2.05) is 61.1 Å². The molecule has 1 aliphatic carbocycles. The maximum absolute atomic E-state index is 9.81. The number of aliphatic hydroxyl groups is 1. The average Bonchev–Trinajstić information content (AvgIpc) is 3.51. The number of H-pyrrole nitrogens is 1. The van der Waals surface area contributed by atoms with Crippen LogP contribution in [0.25, 0.3) is 22.2 Å². The molecule has 0 bridgehead atoms. The van der Waals surface area contributed by atoms with Crippen molar-refractivity contribution < 1.29 is 9.84 Å². The van der Waals surface area contributed by atoms with Gasteiger partial charge in [-0.15, -0.1) is 0 Å². The molecule has 2 aromatic carbocycles. The van der Waals surface area contributed by atoms with Gasteiger partial charge < -0.3 is 19.4 Å². The van der Waals surface area contributed by atoms with Crippen molar-refractivity contribution in [1.29, 1.82) is 0 Å². The first-order valence-corrected chi connectivity index (χ1v) is 13.2. The average molecular weight is 533 g/mol. The number of pyridine rings is 1. The molecule has 37 heavy (non-hydrogen) atoms. The van der Waals surface area contributed by atoms with Gasteiger partial charge in [-0.25, -0.2) is 9.97 Å². The molecular weight excluding hydrogens is 507 g/mol. The molecule has 3 aromatic heterocycles. The number of rotatable bonds is 7. The van der Waals surface area contributed by atoms with Crippen molar-refractivity contribution in [2.75, 3.05) is 6.61 Å². The fourth-order valence-electron chi connectivity index (χ4n) is 5.35. The molecule has 188 valence electrons. The lowest BCUT2D eigenvalue weighted by Crippen LogP contribution is -2.18. The summed E-state index contributed by atoms with van der Waals surface area (Å²) in [4.78, 5) is 12.6. The number of aliphatic hydroxyl groups excluding tert-OH is 1. The highest BCUT2D eigenvalue weighted by Crippen LogP contribution is 2.43. The summed E-state index contributed by atoms with van der Waals surface area (Å²) in [5.41, 5.74) is 7.04. The SMILES string of the molecule is OCCc1ncn(C2CCCc3cc(Cl)cc(Cl)c32)c1-c1c[nH]c2cnc(OCc3ccccc3)cc12. The molecule has 0 amide bonds. The number of aromatic amines is 1. The van der Waals surface area contributed by atoms with Crippen molar-refractivity contribution >= 4 is 34.1 Å². The van der Waals surface area contributed by atoms with Crippen LogP contribution in [0.2, 0.25) is 10.0 Å². The highest BCUT2D eigenvalue weighted by molar-refractivity contribution is 6.35. The zero-order valence-corrected chi connectivity index (χ0v) is 21.6. The van der Waals surface area contributed by atoms with E-state index in [4.69, 9.17) is 32.9 Å². The minimum Gasteiger partial charge on any atom is -0.473 e. The number of fused-ring (bicyclic) bond motifs is 2. The molecule has 3 heterocycles. The summed E-state index contributed by atoms with van der Waals surface area (Å²) in [6.07, 6.45) is 9.00. The second kappa shape index (κ2) is 10.2. The Balaban J connectivity index is 1.44. The van der Waals surface area contributed by atoms with E-state index < -0.39 is 0 Å². The van der Waals surface area contributed by atoms with Gasteiger partial charge in [0.2, 0.25) is 5.88 Å². The van der Waals surface area contributed by atoms with Crippen molar-refractivity contribution in [1.82, 2.24) is 19.5 Å². The van der Waals surface area contributed by atoms with Gasteiger partial charge >= 0.3 is 0 Å². The molecule has 6 rings (SSSR count). The first kappa shape index (κ1) is 24.0. The zero-order valence-electron chi connectivity index (χ0n) is 20.1. The molecule has 2 N–H and O–H groups in total. The molecular formula is C29H26Cl2N4O2. The summed E-state index contributed by atoms with van der Waals surface area (Å²) in [5.74, 6) is 0.549. The van der Waals surface area contributed by atoms with Gasteiger partial charge in [-0.3, -0.25) is 0 Å². The Morgan fingerprint density at radius 1 is 1.11 bits per heavy atom. The smallest absolute Gasteiger partial charge is 0.214 e. The second-order valence-electron chi connectivity index (χ2n) is 9.33. The molecule has 1 unspecified atom stereocenters. The number of hydrogen-bond acceptors (Lipinski definition) is 4. The monoisotopic (exact) mass is 532 g/mol. The van der Waals surface area contributed by atoms with Crippen molar-refractivity contribution in [3.05, 3.63) is 99.7 Å². The van der Waals surface area contributed by atoms with E-state index in [2.05, 4.69) is 14.5 Å². The lowest BCUT2D eigenvalue weighted by Gasteiger charge is -2.29. The van der Waals surface area contributed by atoms with Gasteiger partial charge in [0.25, 0.3) is 0 Å². The van der Waals surface area contributed by atoms with Crippen LogP contribution in [0.15, 0.2) is 67.3 Å². The number of halogens is 2. The molecule has 0 fully saturated rings. The van der Waals surface area contributed by atoms with Crippen LogP contribution in [-0.4, -0.2) is 31.2 Å². The van der Waals surface area contributed by atoms with E-state index in [1.165, 1.54) is 5.56 Å². The minimum absolute atomic E-state index is 0.0109. The van der Waals surface area contributed by atoms with E-state index >= 15 is 0 Å². The van der Waals surface area contributed by atoms with Crippen LogP contribution in [0.4, 0.5) is 0 Å². The zero-order chi connectivity index (χ0) is 25.4. The molecule has 0 aliphatic heterocycles. The van der Waals surface area contributed by atoms with Crippen molar-refractivity contribution in [3.63, 3.8) is 0 Å². The van der Waals surface area contributed by atoms with E-state index in [0.29, 0.717) is 29.0 Å². The minimum atomic E-state index is 0.0109. The Kier molecular flexibility index (Phi) is 6.63. The van der Waals surface area contributed by atoms with Crippen molar-refractivity contribution in [2.24, 2.45) is 0 Å². The normalized spacial score (nSPS) is 15.2. The van der Waals surface area contributed by atoms with Gasteiger partial charge in [-0.1, -0.05) is 53.5 Å². The molecule has 5 aromatic rings. The Labute approximate surface area is 224 Å². The van der Waals surface area contributed by atoms with Gasteiger partial charge in [0, 0.05) is 46.3 Å². The molecule has 1 atom stereocenters. The third kappa shape index (κ3) is 4.61. The molecule has 1 aliphatic rings. The van der Waals surface area contributed by atoms with E-state index in [-0.39, 0.29) is 12.6 Å². The van der Waals surface area contributed by atoms with Gasteiger partial charge in [0.15, 0.2) is 0 Å². The van der Waals surface area contributed by atoms with E-state index in [9.17, 15) is 5.11 Å². The number of imidazole rings is 1. The lowest BCUT2D eigenvalue weighted by molar-refractivity contribution is 0.294. The lowest BCUT2D eigenvalue weighted by atomic mass is 9.87. The third-order valence-corrected chi connectivity index (χ3v) is 7.55. The Morgan fingerprint density at radius 2 is 1.97 bits per heavy atom. The summed E-state index contributed by atoms with van der Waals surface area (Å²) in [5, 5.41) is 12.1. The van der Waals surface area contributed by atoms with Crippen molar-refractivity contribution in [2.45, 2.75) is 38.3 Å². The second-order valence-corrected chi connectivity index (χ2v) is 10.2. The summed E-state index contributed by atoms with van der Waals surface area (Å²) < 4.78 is 8.23. The van der Waals surface area contributed by atoms with Crippen LogP contribution in [0.1, 0.15) is 41.3 Å². The maximum atomic E-state index is 9.81. The molecule has 0 radical (unpaired) electrons. The number of nitrogens with zero attached hydrogens (tertiary/aromatic N) is 3. The summed E-state index contributed by atoms with van der Waals surface area (Å²) >= 11 is 13.1. The van der Waals surface area contributed by atoms with E-state index in [1.54, 1.807) is 6.20 Å². The standard InChI is InChI=1S/C29H26Cl2N4O2/c30-20-11-19-7-4-8-26(28(19)23(31)12-20)35-17-34-24(9-10-36)29(35)22-14-32-25-15-33-27(13-21(22)25)37-16-18-5-2-1-3-6-18/h1-3,5-6,11-15,17,26,32,36H,4,7-10,16H2. The molecule has 0 saturated carbocycles. The van der Waals surface area contributed by atoms with Crippen LogP contribution in [0.3, 0.4) is 0 Å². The highest BCUT2D eigenvalue weighted by atomic mass is 35.5. The number of hydrogen-bond donors (Lipinski definition) is 2. The summed E-state index contributed by atoms with van der Waals surface area (Å²) in [6.45, 7) is 0.448. The van der Waals surface area contributed by atoms with E-state index in [0.717, 1.165) is 58.2 Å². The first-order chi connectivity index (χ1) is 18.1. The molecule has 6 nitrogen and oxygen atoms in total. The van der Waals surface area contributed by atoms with Gasteiger partial charge in [0.1, 0.15) is 6.61 Å². The van der Waals surface area contributed by atoms with Gasteiger partial charge in [0.05, 0.1) is 35.5 Å². The quantitative estimate of drug-likeness (QED) is 0.242. The predicted molar refractivity (Wildman–Crippen MR) is 146 cm³/mol. The maximum Gasteiger partial charge on any atom is 0.214 e. The van der Waals surface area contributed by atoms with Crippen LogP contribution in [-0.2, 0) is 19.4 Å². The Morgan fingerprint density at radius 3 is 2.81 bits per heavy atom. The summed E-state index contributed by atoms with van der Waals surface area (Å²) in [7, 11) is 0. The number of ether oxygens (including phenoxy) is 1. The Bertz CT molecular complexity index is 1560. The third-order valence-electron chi connectivity index (χ3n) is 7.02. The molecule has 0 spiro atoms. The van der Waals surface area contributed by atoms with Crippen LogP contribution >= 0.6 is 23.2 Å². The first-order valence-electron chi connectivity index (χ1n) is 12.4. The molecule has 8 heteroatoms. The summed E-state index contributed by atoms with van der Waals surface area (Å²) in [6, 6.07) is 15.8. The highest BCUT2D eigenvalue weighted by Gasteiger charge is 2.29. The van der Waals surface area contributed by atoms with Crippen LogP contribution in [0, 0.1) is 0 Å². The van der Waals surface area contributed by atoms with Gasteiger partial charge in [-0.05, 0) is 48.1 Å². The van der Waals surface area contributed by atoms with Crippen LogP contribution in [0.5, 0.6) is 5.88 Å². The Hall–Kier alpha value is -3.32. The number of benzene rings is 2. The fourth-order valence-corrected chi connectivity index (χ4v) is 6.02. The van der Waals surface area contributed by atoms with Crippen molar-refractivity contribution in [3.8, 4) is 17.1 Å². The topological polar surface area (TPSA) is 76.0 Å². The number of aryl methyl sites for hydroxylation is 1. The van der Waals surface area contributed by atoms with Crippen LogP contribution < -0.4 is 4.74 Å². The number of aromatic nitrogens is 4. The fraction of sp³-hybridized carbons (Fsp3) is 0.241. The predicted octanol–water partition coefficient (Wildman–Crippen LogP) is 6.77. The largest absolute Gasteiger partial charge is 0.473 e.